The lowest BCUT2D eigenvalue weighted by Gasteiger charge is -2.21. The van der Waals surface area contributed by atoms with Gasteiger partial charge >= 0.3 is 0 Å². The fraction of sp³-hybridized carbons (Fsp3) is 0.500. The Balaban J connectivity index is 2.16. The van der Waals surface area contributed by atoms with Gasteiger partial charge in [0, 0.05) is 32.0 Å². The van der Waals surface area contributed by atoms with E-state index in [1.54, 1.807) is 0 Å². The first-order chi connectivity index (χ1) is 10.2. The third-order valence-electron chi connectivity index (χ3n) is 3.67. The Morgan fingerprint density at radius 2 is 1.86 bits per heavy atom. The molecular formula is C16H23BrN4. The molecule has 4 nitrogen and oxygen atoms in total. The van der Waals surface area contributed by atoms with E-state index in [4.69, 9.17) is 0 Å². The van der Waals surface area contributed by atoms with Crippen LogP contribution in [-0.4, -0.2) is 26.2 Å². The summed E-state index contributed by atoms with van der Waals surface area (Å²) in [4.78, 5) is 6.50. The monoisotopic (exact) mass is 350 g/mol. The van der Waals surface area contributed by atoms with Crippen LogP contribution in [0.15, 0.2) is 29.0 Å². The van der Waals surface area contributed by atoms with Crippen LogP contribution in [0.5, 0.6) is 0 Å². The second-order valence-electron chi connectivity index (χ2n) is 5.04. The molecule has 0 fully saturated rings. The Labute approximate surface area is 135 Å². The summed E-state index contributed by atoms with van der Waals surface area (Å²) >= 11 is 3.73. The summed E-state index contributed by atoms with van der Waals surface area (Å²) in [6.45, 7) is 10.2. The van der Waals surface area contributed by atoms with Gasteiger partial charge in [0.2, 0.25) is 0 Å². The first-order valence-electron chi connectivity index (χ1n) is 7.54. The van der Waals surface area contributed by atoms with Gasteiger partial charge in [-0.05, 0) is 53.5 Å². The van der Waals surface area contributed by atoms with E-state index in [1.807, 2.05) is 12.4 Å². The van der Waals surface area contributed by atoms with Gasteiger partial charge in [-0.3, -0.25) is 14.6 Å². The molecule has 0 atom stereocenters. The zero-order valence-corrected chi connectivity index (χ0v) is 14.6. The Hall–Kier alpha value is -1.20. The molecular weight excluding hydrogens is 328 g/mol. The molecule has 5 heteroatoms. The van der Waals surface area contributed by atoms with E-state index in [0.717, 1.165) is 38.3 Å². The molecule has 21 heavy (non-hydrogen) atoms. The van der Waals surface area contributed by atoms with Crippen molar-refractivity contribution in [2.75, 3.05) is 6.54 Å². The standard InChI is InChI=1S/C16H23BrN4/c1-4-14-16(17)15(21(6-3)19-14)12-20(5-2)11-13-7-9-18-10-8-13/h7-10H,4-6,11-12H2,1-3H3. The van der Waals surface area contributed by atoms with Crippen molar-refractivity contribution in [3.05, 3.63) is 46.0 Å². The molecule has 114 valence electrons. The molecule has 0 radical (unpaired) electrons. The first-order valence-corrected chi connectivity index (χ1v) is 8.34. The third-order valence-corrected chi connectivity index (χ3v) is 4.59. The minimum Gasteiger partial charge on any atom is -0.294 e. The van der Waals surface area contributed by atoms with E-state index < -0.39 is 0 Å². The van der Waals surface area contributed by atoms with Crippen molar-refractivity contribution in [2.24, 2.45) is 0 Å². The van der Waals surface area contributed by atoms with E-state index in [0.29, 0.717) is 0 Å². The molecule has 0 N–H and O–H groups in total. The number of pyridine rings is 1. The Bertz CT molecular complexity index is 565. The van der Waals surface area contributed by atoms with Gasteiger partial charge in [0.25, 0.3) is 0 Å². The SMILES string of the molecule is CCc1nn(CC)c(CN(CC)Cc2ccncc2)c1Br. The van der Waals surface area contributed by atoms with Crippen molar-refractivity contribution in [2.45, 2.75) is 46.8 Å². The normalized spacial score (nSPS) is 11.3. The maximum Gasteiger partial charge on any atom is 0.0767 e. The quantitative estimate of drug-likeness (QED) is 0.764. The predicted molar refractivity (Wildman–Crippen MR) is 89.0 cm³/mol. The lowest BCUT2D eigenvalue weighted by Crippen LogP contribution is -2.24. The number of aryl methyl sites for hydroxylation is 2. The van der Waals surface area contributed by atoms with Crippen LogP contribution in [0, 0.1) is 0 Å². The van der Waals surface area contributed by atoms with Crippen molar-refractivity contribution in [3.8, 4) is 0 Å². The summed E-state index contributed by atoms with van der Waals surface area (Å²) in [5, 5.41) is 4.67. The second-order valence-corrected chi connectivity index (χ2v) is 5.83. The molecule has 0 saturated heterocycles. The van der Waals surface area contributed by atoms with Crippen LogP contribution in [0.1, 0.15) is 37.7 Å². The molecule has 0 aromatic carbocycles. The average molecular weight is 351 g/mol. The molecule has 2 aromatic heterocycles. The lowest BCUT2D eigenvalue weighted by atomic mass is 10.2. The summed E-state index contributed by atoms with van der Waals surface area (Å²) in [6.07, 6.45) is 4.66. The number of hydrogen-bond acceptors (Lipinski definition) is 3. The smallest absolute Gasteiger partial charge is 0.0767 e. The third kappa shape index (κ3) is 3.92. The van der Waals surface area contributed by atoms with E-state index >= 15 is 0 Å². The van der Waals surface area contributed by atoms with Gasteiger partial charge in [0.05, 0.1) is 15.9 Å². The van der Waals surface area contributed by atoms with Gasteiger partial charge < -0.3 is 0 Å². The van der Waals surface area contributed by atoms with E-state index in [1.165, 1.54) is 15.7 Å². The molecule has 0 aliphatic heterocycles. The lowest BCUT2D eigenvalue weighted by molar-refractivity contribution is 0.262. The van der Waals surface area contributed by atoms with Gasteiger partial charge in [0.1, 0.15) is 0 Å². The van der Waals surface area contributed by atoms with Crippen molar-refractivity contribution >= 4 is 15.9 Å². The van der Waals surface area contributed by atoms with Crippen LogP contribution >= 0.6 is 15.9 Å². The van der Waals surface area contributed by atoms with Crippen molar-refractivity contribution in [3.63, 3.8) is 0 Å². The first kappa shape index (κ1) is 16.2. The molecule has 0 saturated carbocycles. The van der Waals surface area contributed by atoms with Crippen LogP contribution in [0.3, 0.4) is 0 Å². The highest BCUT2D eigenvalue weighted by Gasteiger charge is 2.16. The molecule has 0 aliphatic carbocycles. The van der Waals surface area contributed by atoms with Gasteiger partial charge in [0.15, 0.2) is 0 Å². The van der Waals surface area contributed by atoms with Gasteiger partial charge in [-0.2, -0.15) is 5.10 Å². The van der Waals surface area contributed by atoms with E-state index in [-0.39, 0.29) is 0 Å². The van der Waals surface area contributed by atoms with Crippen LogP contribution < -0.4 is 0 Å². The largest absolute Gasteiger partial charge is 0.294 e. The molecule has 0 unspecified atom stereocenters. The molecule has 0 aliphatic rings. The highest BCUT2D eigenvalue weighted by Crippen LogP contribution is 2.24. The molecule has 2 heterocycles. The summed E-state index contributed by atoms with van der Waals surface area (Å²) in [7, 11) is 0. The maximum atomic E-state index is 4.67. The highest BCUT2D eigenvalue weighted by molar-refractivity contribution is 9.10. The number of aromatic nitrogens is 3. The topological polar surface area (TPSA) is 34.0 Å². The number of rotatable bonds is 7. The van der Waals surface area contributed by atoms with Crippen LogP contribution in [-0.2, 0) is 26.1 Å². The van der Waals surface area contributed by atoms with E-state index in [2.05, 4.69) is 68.5 Å². The Kier molecular flexibility index (Phi) is 5.94. The van der Waals surface area contributed by atoms with Gasteiger partial charge in [-0.1, -0.05) is 13.8 Å². The fourth-order valence-electron chi connectivity index (χ4n) is 2.41. The van der Waals surface area contributed by atoms with Crippen molar-refractivity contribution < 1.29 is 0 Å². The van der Waals surface area contributed by atoms with Crippen LogP contribution in [0.2, 0.25) is 0 Å². The second kappa shape index (κ2) is 7.71. The fourth-order valence-corrected chi connectivity index (χ4v) is 3.10. The van der Waals surface area contributed by atoms with E-state index in [9.17, 15) is 0 Å². The molecule has 0 bridgehead atoms. The summed E-state index contributed by atoms with van der Waals surface area (Å²) in [6, 6.07) is 4.15. The Morgan fingerprint density at radius 1 is 1.14 bits per heavy atom. The molecule has 0 spiro atoms. The molecule has 2 rings (SSSR count). The van der Waals surface area contributed by atoms with Gasteiger partial charge in [-0.15, -0.1) is 0 Å². The number of hydrogen-bond donors (Lipinski definition) is 0. The van der Waals surface area contributed by atoms with Crippen LogP contribution in [0.4, 0.5) is 0 Å². The molecule has 2 aromatic rings. The minimum absolute atomic E-state index is 0.903. The zero-order chi connectivity index (χ0) is 15.2. The number of halogens is 1. The average Bonchev–Trinajstić information content (AvgIpc) is 2.83. The van der Waals surface area contributed by atoms with Gasteiger partial charge in [-0.25, -0.2) is 0 Å². The van der Waals surface area contributed by atoms with Crippen LogP contribution in [0.25, 0.3) is 0 Å². The highest BCUT2D eigenvalue weighted by atomic mass is 79.9. The molecule has 0 amide bonds. The summed E-state index contributed by atoms with van der Waals surface area (Å²) in [5.41, 5.74) is 3.71. The predicted octanol–water partition coefficient (Wildman–Crippen LogP) is 3.65. The maximum absolute atomic E-state index is 4.67. The van der Waals surface area contributed by atoms with Crippen molar-refractivity contribution in [1.29, 1.82) is 0 Å². The summed E-state index contributed by atoms with van der Waals surface area (Å²) < 4.78 is 3.28. The summed E-state index contributed by atoms with van der Waals surface area (Å²) in [5.74, 6) is 0. The minimum atomic E-state index is 0.903. The number of nitrogens with zero attached hydrogens (tertiary/aromatic N) is 4. The Morgan fingerprint density at radius 3 is 2.43 bits per heavy atom. The van der Waals surface area contributed by atoms with Crippen molar-refractivity contribution in [1.82, 2.24) is 19.7 Å². The zero-order valence-electron chi connectivity index (χ0n) is 13.0.